The van der Waals surface area contributed by atoms with Crippen LogP contribution in [0.3, 0.4) is 0 Å². The van der Waals surface area contributed by atoms with Gasteiger partial charge in [0.1, 0.15) is 9.50 Å². The second-order valence-corrected chi connectivity index (χ2v) is 9.08. The first-order chi connectivity index (χ1) is 11.8. The van der Waals surface area contributed by atoms with E-state index in [2.05, 4.69) is 15.5 Å². The van der Waals surface area contributed by atoms with Crippen LogP contribution in [0.2, 0.25) is 5.02 Å². The van der Waals surface area contributed by atoms with Gasteiger partial charge in [0.25, 0.3) is 0 Å². The Balaban J connectivity index is 1.63. The Labute approximate surface area is 165 Å². The number of amides is 1. The minimum absolute atomic E-state index is 0.0268. The van der Waals surface area contributed by atoms with Gasteiger partial charge in [0.2, 0.25) is 11.0 Å². The first-order valence-electron chi connectivity index (χ1n) is 7.68. The molecule has 1 N–H and O–H groups in total. The topological polar surface area (TPSA) is 54.9 Å². The zero-order chi connectivity index (χ0) is 18.2. The number of aromatic nitrogens is 2. The molecule has 4 nitrogen and oxygen atoms in total. The molecule has 2 atom stereocenters. The molecule has 2 aromatic rings. The molecule has 1 heterocycles. The van der Waals surface area contributed by atoms with Crippen molar-refractivity contribution < 1.29 is 4.79 Å². The Morgan fingerprint density at radius 2 is 1.96 bits per heavy atom. The zero-order valence-electron chi connectivity index (χ0n) is 13.6. The largest absolute Gasteiger partial charge is 0.300 e. The molecule has 0 spiro atoms. The molecule has 0 radical (unpaired) electrons. The fourth-order valence-electron chi connectivity index (χ4n) is 2.96. The van der Waals surface area contributed by atoms with Crippen molar-refractivity contribution >= 4 is 57.2 Å². The van der Waals surface area contributed by atoms with Crippen LogP contribution in [-0.2, 0) is 11.2 Å². The molecule has 0 saturated heterocycles. The summed E-state index contributed by atoms with van der Waals surface area (Å²) in [6.07, 6.45) is 2.37. The Hall–Kier alpha value is -1.14. The lowest BCUT2D eigenvalue weighted by Gasteiger charge is -2.02. The number of carbonyl (C=O) groups is 1. The van der Waals surface area contributed by atoms with E-state index in [1.54, 1.807) is 6.08 Å². The number of allylic oxidation sites excluding steroid dienone is 1. The lowest BCUT2D eigenvalue weighted by atomic mass is 10.1. The Bertz CT molecular complexity index is 813. The molecule has 1 aromatic heterocycles. The summed E-state index contributed by atoms with van der Waals surface area (Å²) in [6, 6.07) is 7.57. The SMILES string of the molecule is CC1(C)C(C=C(Cl)Cl)C1C(=O)Nc1nnc(Cc2ccc(Cl)cc2)s1. The van der Waals surface area contributed by atoms with E-state index in [0.29, 0.717) is 16.6 Å². The smallest absolute Gasteiger partial charge is 0.230 e. The quantitative estimate of drug-likeness (QED) is 0.718. The monoisotopic (exact) mass is 415 g/mol. The molecule has 8 heteroatoms. The van der Waals surface area contributed by atoms with Gasteiger partial charge in [-0.25, -0.2) is 0 Å². The third kappa shape index (κ3) is 4.34. The number of rotatable bonds is 5. The highest BCUT2D eigenvalue weighted by molar-refractivity contribution is 7.15. The van der Waals surface area contributed by atoms with E-state index in [9.17, 15) is 4.79 Å². The minimum atomic E-state index is -0.177. The van der Waals surface area contributed by atoms with Crippen LogP contribution in [-0.4, -0.2) is 16.1 Å². The summed E-state index contributed by atoms with van der Waals surface area (Å²) in [7, 11) is 0. The maximum atomic E-state index is 12.5. The summed E-state index contributed by atoms with van der Waals surface area (Å²) in [5.74, 6) is -0.238. The molecule has 25 heavy (non-hydrogen) atoms. The molecule has 1 aliphatic rings. The van der Waals surface area contributed by atoms with E-state index in [1.165, 1.54) is 11.3 Å². The molecule has 1 amide bonds. The van der Waals surface area contributed by atoms with Crippen molar-refractivity contribution in [2.75, 3.05) is 5.32 Å². The van der Waals surface area contributed by atoms with Crippen LogP contribution in [0.25, 0.3) is 0 Å². The Morgan fingerprint density at radius 1 is 1.28 bits per heavy atom. The first-order valence-corrected chi connectivity index (χ1v) is 9.63. The number of nitrogens with zero attached hydrogens (tertiary/aromatic N) is 2. The highest BCUT2D eigenvalue weighted by Gasteiger charge is 2.60. The Morgan fingerprint density at radius 3 is 2.60 bits per heavy atom. The van der Waals surface area contributed by atoms with Crippen LogP contribution in [0.1, 0.15) is 24.4 Å². The van der Waals surface area contributed by atoms with Crippen LogP contribution in [0, 0.1) is 17.3 Å². The van der Waals surface area contributed by atoms with Gasteiger partial charge in [-0.2, -0.15) is 0 Å². The van der Waals surface area contributed by atoms with Crippen molar-refractivity contribution in [2.24, 2.45) is 17.3 Å². The van der Waals surface area contributed by atoms with Gasteiger partial charge in [0.05, 0.1) is 5.92 Å². The molecule has 1 fully saturated rings. The van der Waals surface area contributed by atoms with Gasteiger partial charge in [-0.05, 0) is 35.1 Å². The second kappa shape index (κ2) is 7.23. The minimum Gasteiger partial charge on any atom is -0.300 e. The van der Waals surface area contributed by atoms with Crippen molar-refractivity contribution in [2.45, 2.75) is 20.3 Å². The van der Waals surface area contributed by atoms with E-state index < -0.39 is 0 Å². The maximum Gasteiger partial charge on any atom is 0.230 e. The predicted molar refractivity (Wildman–Crippen MR) is 103 cm³/mol. The van der Waals surface area contributed by atoms with Gasteiger partial charge < -0.3 is 5.32 Å². The number of halogens is 3. The van der Waals surface area contributed by atoms with Crippen molar-refractivity contribution in [1.82, 2.24) is 10.2 Å². The van der Waals surface area contributed by atoms with E-state index in [-0.39, 0.29) is 27.6 Å². The molecular formula is C17H16Cl3N3OS. The van der Waals surface area contributed by atoms with Gasteiger partial charge in [-0.3, -0.25) is 4.79 Å². The van der Waals surface area contributed by atoms with Crippen LogP contribution < -0.4 is 5.32 Å². The fraction of sp³-hybridized carbons (Fsp3) is 0.353. The number of nitrogens with one attached hydrogen (secondary N) is 1. The van der Waals surface area contributed by atoms with Gasteiger partial charge in [-0.15, -0.1) is 10.2 Å². The molecule has 1 saturated carbocycles. The zero-order valence-corrected chi connectivity index (χ0v) is 16.7. The van der Waals surface area contributed by atoms with Gasteiger partial charge >= 0.3 is 0 Å². The van der Waals surface area contributed by atoms with E-state index in [1.807, 2.05) is 38.1 Å². The Kier molecular flexibility index (Phi) is 5.40. The standard InChI is InChI=1S/C17H16Cl3N3OS/c1-17(2)11(8-12(19)20)14(17)15(24)21-16-23-22-13(25-16)7-9-3-5-10(18)6-4-9/h3-6,8,11,14H,7H2,1-2H3,(H,21,23,24). The van der Waals surface area contributed by atoms with Gasteiger partial charge in [-0.1, -0.05) is 72.1 Å². The number of carbonyl (C=O) groups excluding carboxylic acids is 1. The summed E-state index contributed by atoms with van der Waals surface area (Å²) >= 11 is 18.7. The van der Waals surface area contributed by atoms with E-state index in [0.717, 1.165) is 10.6 Å². The van der Waals surface area contributed by atoms with E-state index in [4.69, 9.17) is 34.8 Å². The second-order valence-electron chi connectivity index (χ2n) is 6.57. The molecular weight excluding hydrogens is 401 g/mol. The summed E-state index contributed by atoms with van der Waals surface area (Å²) in [5.41, 5.74) is 0.916. The van der Waals surface area contributed by atoms with Crippen LogP contribution in [0.5, 0.6) is 0 Å². The first kappa shape index (κ1) is 18.6. The van der Waals surface area contributed by atoms with Crippen molar-refractivity contribution in [1.29, 1.82) is 0 Å². The molecule has 132 valence electrons. The van der Waals surface area contributed by atoms with Gasteiger partial charge in [0, 0.05) is 11.4 Å². The van der Waals surface area contributed by atoms with Crippen molar-refractivity contribution in [3.8, 4) is 0 Å². The molecule has 3 rings (SSSR count). The van der Waals surface area contributed by atoms with Crippen LogP contribution in [0.4, 0.5) is 5.13 Å². The lowest BCUT2D eigenvalue weighted by Crippen LogP contribution is -2.16. The third-order valence-corrected chi connectivity index (χ3v) is 5.81. The molecule has 2 unspecified atom stereocenters. The summed E-state index contributed by atoms with van der Waals surface area (Å²) < 4.78 is 0.189. The summed E-state index contributed by atoms with van der Waals surface area (Å²) in [6.45, 7) is 4.03. The highest BCUT2D eigenvalue weighted by Crippen LogP contribution is 2.60. The number of hydrogen-bond donors (Lipinski definition) is 1. The lowest BCUT2D eigenvalue weighted by molar-refractivity contribution is -0.118. The number of anilines is 1. The average molecular weight is 417 g/mol. The summed E-state index contributed by atoms with van der Waals surface area (Å²) in [5, 5.41) is 13.1. The molecule has 0 bridgehead atoms. The maximum absolute atomic E-state index is 12.5. The van der Waals surface area contributed by atoms with Crippen molar-refractivity contribution in [3.63, 3.8) is 0 Å². The highest BCUT2D eigenvalue weighted by atomic mass is 35.5. The fourth-order valence-corrected chi connectivity index (χ4v) is 4.14. The van der Waals surface area contributed by atoms with Crippen molar-refractivity contribution in [3.05, 3.63) is 50.4 Å². The van der Waals surface area contributed by atoms with Gasteiger partial charge in [0.15, 0.2) is 0 Å². The molecule has 0 aliphatic heterocycles. The normalized spacial score (nSPS) is 20.8. The molecule has 1 aliphatic carbocycles. The van der Waals surface area contributed by atoms with Crippen LogP contribution >= 0.6 is 46.1 Å². The average Bonchev–Trinajstić information content (AvgIpc) is 2.86. The summed E-state index contributed by atoms with van der Waals surface area (Å²) in [4.78, 5) is 12.5. The van der Waals surface area contributed by atoms with E-state index >= 15 is 0 Å². The number of hydrogen-bond acceptors (Lipinski definition) is 4. The number of benzene rings is 1. The third-order valence-electron chi connectivity index (χ3n) is 4.46. The van der Waals surface area contributed by atoms with Crippen LogP contribution in [0.15, 0.2) is 34.8 Å². The predicted octanol–water partition coefficient (Wildman–Crippen LogP) is 5.31. The molecule has 1 aromatic carbocycles.